The molecule has 0 saturated heterocycles. The molecule has 1 unspecified atom stereocenters. The van der Waals surface area contributed by atoms with E-state index in [9.17, 15) is 0 Å². The molecule has 1 aromatic carbocycles. The number of aryl methyl sites for hydroxylation is 1. The fraction of sp³-hybridized carbons (Fsp3) is 0.455. The first-order chi connectivity index (χ1) is 5.74. The van der Waals surface area contributed by atoms with E-state index in [1.54, 1.807) is 0 Å². The lowest BCUT2D eigenvalue weighted by molar-refractivity contribution is 0.689. The van der Waals surface area contributed by atoms with E-state index in [2.05, 4.69) is 38.1 Å². The Morgan fingerprint density at radius 2 is 2.17 bits per heavy atom. The van der Waals surface area contributed by atoms with Crippen molar-refractivity contribution in [2.45, 2.75) is 26.2 Å². The van der Waals surface area contributed by atoms with Crippen LogP contribution in [-0.4, -0.2) is 6.54 Å². The van der Waals surface area contributed by atoms with Gasteiger partial charge in [0, 0.05) is 0 Å². The molecule has 0 aromatic heterocycles. The van der Waals surface area contributed by atoms with Crippen molar-refractivity contribution in [3.05, 3.63) is 35.4 Å². The van der Waals surface area contributed by atoms with Crippen LogP contribution >= 0.6 is 0 Å². The molecular weight excluding hydrogens is 146 g/mol. The van der Waals surface area contributed by atoms with Gasteiger partial charge in [0.15, 0.2) is 0 Å². The molecule has 0 spiro atoms. The third-order valence-electron chi connectivity index (χ3n) is 2.21. The highest BCUT2D eigenvalue weighted by atomic mass is 14.5. The lowest BCUT2D eigenvalue weighted by Crippen LogP contribution is -2.04. The van der Waals surface area contributed by atoms with Gasteiger partial charge in [0.1, 0.15) is 0 Å². The SMILES string of the molecule is Cc1cccc(C(C)CCN)c1. The summed E-state index contributed by atoms with van der Waals surface area (Å²) in [4.78, 5) is 0. The molecule has 66 valence electrons. The van der Waals surface area contributed by atoms with Crippen LogP contribution in [0.15, 0.2) is 24.3 Å². The van der Waals surface area contributed by atoms with E-state index in [0.29, 0.717) is 5.92 Å². The van der Waals surface area contributed by atoms with Crippen LogP contribution < -0.4 is 5.73 Å². The highest BCUT2D eigenvalue weighted by molar-refractivity contribution is 5.24. The van der Waals surface area contributed by atoms with Gasteiger partial charge in [-0.3, -0.25) is 0 Å². The van der Waals surface area contributed by atoms with Gasteiger partial charge in [0.2, 0.25) is 0 Å². The van der Waals surface area contributed by atoms with Crippen molar-refractivity contribution in [3.63, 3.8) is 0 Å². The van der Waals surface area contributed by atoms with Crippen molar-refractivity contribution in [2.75, 3.05) is 6.54 Å². The molecular formula is C11H17N. The second kappa shape index (κ2) is 4.27. The molecule has 0 bridgehead atoms. The molecule has 1 heteroatoms. The van der Waals surface area contributed by atoms with E-state index >= 15 is 0 Å². The third kappa shape index (κ3) is 2.35. The molecule has 1 aromatic rings. The van der Waals surface area contributed by atoms with Gasteiger partial charge < -0.3 is 5.73 Å². The molecule has 0 aliphatic heterocycles. The van der Waals surface area contributed by atoms with E-state index in [1.165, 1.54) is 11.1 Å². The Kier molecular flexibility index (Phi) is 3.30. The van der Waals surface area contributed by atoms with Gasteiger partial charge in [-0.2, -0.15) is 0 Å². The van der Waals surface area contributed by atoms with Crippen molar-refractivity contribution in [1.29, 1.82) is 0 Å². The zero-order valence-electron chi connectivity index (χ0n) is 7.88. The van der Waals surface area contributed by atoms with E-state index in [0.717, 1.165) is 13.0 Å². The van der Waals surface area contributed by atoms with Crippen LogP contribution in [-0.2, 0) is 0 Å². The topological polar surface area (TPSA) is 26.0 Å². The van der Waals surface area contributed by atoms with E-state index < -0.39 is 0 Å². The maximum Gasteiger partial charge on any atom is -0.00715 e. The molecule has 0 fully saturated rings. The van der Waals surface area contributed by atoms with Crippen molar-refractivity contribution >= 4 is 0 Å². The van der Waals surface area contributed by atoms with Gasteiger partial charge in [-0.25, -0.2) is 0 Å². The average molecular weight is 163 g/mol. The zero-order chi connectivity index (χ0) is 8.97. The summed E-state index contributed by atoms with van der Waals surface area (Å²) in [5, 5.41) is 0. The Bertz CT molecular complexity index is 243. The summed E-state index contributed by atoms with van der Waals surface area (Å²) in [6.07, 6.45) is 1.07. The van der Waals surface area contributed by atoms with E-state index in [1.807, 2.05) is 0 Å². The summed E-state index contributed by atoms with van der Waals surface area (Å²) in [5.41, 5.74) is 8.24. The lowest BCUT2D eigenvalue weighted by Gasteiger charge is -2.10. The number of hydrogen-bond donors (Lipinski definition) is 1. The minimum atomic E-state index is 0.592. The highest BCUT2D eigenvalue weighted by Gasteiger charge is 2.02. The van der Waals surface area contributed by atoms with Gasteiger partial charge >= 0.3 is 0 Å². The summed E-state index contributed by atoms with van der Waals surface area (Å²) in [6, 6.07) is 8.64. The van der Waals surface area contributed by atoms with Gasteiger partial charge in [-0.1, -0.05) is 36.8 Å². The van der Waals surface area contributed by atoms with Gasteiger partial charge in [0.05, 0.1) is 0 Å². The molecule has 0 amide bonds. The number of benzene rings is 1. The van der Waals surface area contributed by atoms with Crippen molar-refractivity contribution in [2.24, 2.45) is 5.73 Å². The fourth-order valence-electron chi connectivity index (χ4n) is 1.39. The van der Waals surface area contributed by atoms with Crippen LogP contribution in [0.3, 0.4) is 0 Å². The Labute approximate surface area is 74.6 Å². The molecule has 2 N–H and O–H groups in total. The normalized spacial score (nSPS) is 12.9. The maximum atomic E-state index is 5.50. The second-order valence-electron chi connectivity index (χ2n) is 3.39. The lowest BCUT2D eigenvalue weighted by atomic mass is 9.97. The van der Waals surface area contributed by atoms with Crippen LogP contribution in [0.2, 0.25) is 0 Å². The van der Waals surface area contributed by atoms with Gasteiger partial charge in [-0.15, -0.1) is 0 Å². The number of rotatable bonds is 3. The van der Waals surface area contributed by atoms with Crippen LogP contribution in [0.5, 0.6) is 0 Å². The Morgan fingerprint density at radius 1 is 1.42 bits per heavy atom. The zero-order valence-corrected chi connectivity index (χ0v) is 7.88. The van der Waals surface area contributed by atoms with Crippen molar-refractivity contribution in [3.8, 4) is 0 Å². The molecule has 12 heavy (non-hydrogen) atoms. The molecule has 0 heterocycles. The number of hydrogen-bond acceptors (Lipinski definition) is 1. The van der Waals surface area contributed by atoms with Crippen LogP contribution in [0.25, 0.3) is 0 Å². The van der Waals surface area contributed by atoms with Crippen molar-refractivity contribution in [1.82, 2.24) is 0 Å². The summed E-state index contributed by atoms with van der Waals surface area (Å²) in [5.74, 6) is 0.592. The summed E-state index contributed by atoms with van der Waals surface area (Å²) in [6.45, 7) is 5.12. The predicted molar refractivity (Wildman–Crippen MR) is 53.3 cm³/mol. The number of nitrogens with two attached hydrogens (primary N) is 1. The van der Waals surface area contributed by atoms with Crippen LogP contribution in [0.4, 0.5) is 0 Å². The standard InChI is InChI=1S/C11H17N/c1-9-4-3-5-11(8-9)10(2)6-7-12/h3-5,8,10H,6-7,12H2,1-2H3. The maximum absolute atomic E-state index is 5.50. The van der Waals surface area contributed by atoms with Crippen LogP contribution in [0.1, 0.15) is 30.4 Å². The summed E-state index contributed by atoms with van der Waals surface area (Å²) >= 11 is 0. The minimum Gasteiger partial charge on any atom is -0.330 e. The first-order valence-corrected chi connectivity index (χ1v) is 4.50. The Hall–Kier alpha value is -0.820. The Morgan fingerprint density at radius 3 is 2.75 bits per heavy atom. The highest BCUT2D eigenvalue weighted by Crippen LogP contribution is 2.18. The molecule has 1 nitrogen and oxygen atoms in total. The van der Waals surface area contributed by atoms with E-state index in [-0.39, 0.29) is 0 Å². The summed E-state index contributed by atoms with van der Waals surface area (Å²) in [7, 11) is 0. The molecule has 1 rings (SSSR count). The Balaban J connectivity index is 2.73. The van der Waals surface area contributed by atoms with Gasteiger partial charge in [-0.05, 0) is 31.4 Å². The quantitative estimate of drug-likeness (QED) is 0.727. The van der Waals surface area contributed by atoms with E-state index in [4.69, 9.17) is 5.73 Å². The van der Waals surface area contributed by atoms with Gasteiger partial charge in [0.25, 0.3) is 0 Å². The second-order valence-corrected chi connectivity index (χ2v) is 3.39. The smallest absolute Gasteiger partial charge is 0.00715 e. The molecule has 0 radical (unpaired) electrons. The molecule has 0 saturated carbocycles. The fourth-order valence-corrected chi connectivity index (χ4v) is 1.39. The summed E-state index contributed by atoms with van der Waals surface area (Å²) < 4.78 is 0. The van der Waals surface area contributed by atoms with Crippen molar-refractivity contribution < 1.29 is 0 Å². The molecule has 1 atom stereocenters. The average Bonchev–Trinajstić information content (AvgIpc) is 2.05. The third-order valence-corrected chi connectivity index (χ3v) is 2.21. The molecule has 0 aliphatic rings. The predicted octanol–water partition coefficient (Wildman–Crippen LogP) is 2.45. The monoisotopic (exact) mass is 163 g/mol. The largest absolute Gasteiger partial charge is 0.330 e. The first kappa shape index (κ1) is 9.27. The minimum absolute atomic E-state index is 0.592. The molecule has 0 aliphatic carbocycles. The van der Waals surface area contributed by atoms with Crippen LogP contribution in [0, 0.1) is 6.92 Å². The first-order valence-electron chi connectivity index (χ1n) is 4.50.